The van der Waals surface area contributed by atoms with Crippen LogP contribution in [0.1, 0.15) is 24.0 Å². The second kappa shape index (κ2) is 5.88. The van der Waals surface area contributed by atoms with Gasteiger partial charge in [0.2, 0.25) is 0 Å². The number of ether oxygens (including phenoxy) is 1. The fourth-order valence-corrected chi connectivity index (χ4v) is 2.77. The topological polar surface area (TPSA) is 24.5 Å². The number of anilines is 1. The van der Waals surface area contributed by atoms with E-state index in [0.717, 1.165) is 45.1 Å². The van der Waals surface area contributed by atoms with E-state index < -0.39 is 6.17 Å². The van der Waals surface area contributed by atoms with Crippen molar-refractivity contribution in [2.75, 3.05) is 31.5 Å². The largest absolute Gasteiger partial charge is 0.384 e. The van der Waals surface area contributed by atoms with Crippen molar-refractivity contribution < 1.29 is 9.13 Å². The summed E-state index contributed by atoms with van der Waals surface area (Å²) in [6.07, 6.45) is 0.799. The minimum atomic E-state index is -0.582. The van der Waals surface area contributed by atoms with Crippen molar-refractivity contribution in [2.45, 2.75) is 32.2 Å². The highest BCUT2D eigenvalue weighted by molar-refractivity contribution is 5.49. The highest BCUT2D eigenvalue weighted by Crippen LogP contribution is 2.23. The quantitative estimate of drug-likeness (QED) is 0.904. The van der Waals surface area contributed by atoms with Gasteiger partial charge < -0.3 is 15.0 Å². The Morgan fingerprint density at radius 3 is 2.84 bits per heavy atom. The predicted octanol–water partition coefficient (Wildman–Crippen LogP) is 2.56. The lowest BCUT2D eigenvalue weighted by molar-refractivity contribution is 0.134. The second-order valence-corrected chi connectivity index (χ2v) is 5.42. The first-order valence-electron chi connectivity index (χ1n) is 7.11. The van der Waals surface area contributed by atoms with Crippen LogP contribution >= 0.6 is 0 Å². The molecule has 2 aliphatic rings. The normalized spacial score (nSPS) is 20.5. The van der Waals surface area contributed by atoms with Gasteiger partial charge >= 0.3 is 0 Å². The van der Waals surface area contributed by atoms with Gasteiger partial charge in [-0.1, -0.05) is 6.07 Å². The van der Waals surface area contributed by atoms with E-state index in [4.69, 9.17) is 4.74 Å². The molecule has 0 radical (unpaired) electrons. The number of piperidine rings is 1. The Labute approximate surface area is 113 Å². The van der Waals surface area contributed by atoms with Crippen molar-refractivity contribution in [1.82, 2.24) is 4.90 Å². The van der Waals surface area contributed by atoms with E-state index in [0.29, 0.717) is 12.8 Å². The molecule has 1 aromatic rings. The van der Waals surface area contributed by atoms with E-state index in [1.165, 1.54) is 11.1 Å². The van der Waals surface area contributed by atoms with Crippen molar-refractivity contribution in [2.24, 2.45) is 0 Å². The fraction of sp³-hybridized carbons (Fsp3) is 0.600. The molecule has 1 N–H and O–H groups in total. The van der Waals surface area contributed by atoms with Gasteiger partial charge in [0, 0.05) is 31.9 Å². The molecule has 0 atom stereocenters. The molecule has 1 aromatic carbocycles. The molecule has 0 spiro atoms. The molecule has 3 nitrogen and oxygen atoms in total. The molecule has 19 heavy (non-hydrogen) atoms. The average molecular weight is 264 g/mol. The highest BCUT2D eigenvalue weighted by Gasteiger charge is 2.17. The smallest absolute Gasteiger partial charge is 0.103 e. The SMILES string of the molecule is FC1CCN(CCNc2ccc3c(c2)COC3)CC1. The van der Waals surface area contributed by atoms with E-state index in [1.54, 1.807) is 0 Å². The summed E-state index contributed by atoms with van der Waals surface area (Å²) < 4.78 is 18.4. The Morgan fingerprint density at radius 1 is 1.21 bits per heavy atom. The zero-order valence-corrected chi connectivity index (χ0v) is 11.2. The van der Waals surface area contributed by atoms with Crippen LogP contribution in [0.15, 0.2) is 18.2 Å². The number of fused-ring (bicyclic) bond motifs is 1. The van der Waals surface area contributed by atoms with Crippen molar-refractivity contribution in [3.63, 3.8) is 0 Å². The monoisotopic (exact) mass is 264 g/mol. The molecule has 0 aliphatic carbocycles. The van der Waals surface area contributed by atoms with Gasteiger partial charge in [-0.2, -0.15) is 0 Å². The van der Waals surface area contributed by atoms with E-state index in [-0.39, 0.29) is 0 Å². The van der Waals surface area contributed by atoms with Gasteiger partial charge in [-0.25, -0.2) is 4.39 Å². The van der Waals surface area contributed by atoms with Crippen molar-refractivity contribution in [1.29, 1.82) is 0 Å². The molecule has 3 rings (SSSR count). The summed E-state index contributed by atoms with van der Waals surface area (Å²) in [5.41, 5.74) is 3.75. The van der Waals surface area contributed by atoms with Crippen LogP contribution in [0.3, 0.4) is 0 Å². The molecular formula is C15H21FN2O. The van der Waals surface area contributed by atoms with Gasteiger partial charge in [0.15, 0.2) is 0 Å². The molecule has 0 amide bonds. The number of benzene rings is 1. The van der Waals surface area contributed by atoms with Crippen LogP contribution < -0.4 is 5.32 Å². The van der Waals surface area contributed by atoms with Crippen LogP contribution in [0.25, 0.3) is 0 Å². The zero-order chi connectivity index (χ0) is 13.1. The van der Waals surface area contributed by atoms with Gasteiger partial charge in [-0.05, 0) is 36.1 Å². The molecule has 2 aliphatic heterocycles. The lowest BCUT2D eigenvalue weighted by Gasteiger charge is -2.28. The third-order valence-electron chi connectivity index (χ3n) is 4.00. The summed E-state index contributed by atoms with van der Waals surface area (Å²) in [4.78, 5) is 2.33. The van der Waals surface area contributed by atoms with E-state index >= 15 is 0 Å². The Morgan fingerprint density at radius 2 is 2.00 bits per heavy atom. The molecular weight excluding hydrogens is 243 g/mol. The lowest BCUT2D eigenvalue weighted by atomic mass is 10.1. The Bertz CT molecular complexity index is 430. The van der Waals surface area contributed by atoms with Gasteiger partial charge in [-0.15, -0.1) is 0 Å². The van der Waals surface area contributed by atoms with Crippen LogP contribution in [0, 0.1) is 0 Å². The van der Waals surface area contributed by atoms with Gasteiger partial charge in [0.1, 0.15) is 6.17 Å². The minimum absolute atomic E-state index is 0.582. The third-order valence-corrected chi connectivity index (χ3v) is 4.00. The summed E-state index contributed by atoms with van der Waals surface area (Å²) in [5.74, 6) is 0. The minimum Gasteiger partial charge on any atom is -0.384 e. The molecule has 0 bridgehead atoms. The number of nitrogens with one attached hydrogen (secondary N) is 1. The van der Waals surface area contributed by atoms with E-state index in [9.17, 15) is 4.39 Å². The third kappa shape index (κ3) is 3.25. The summed E-state index contributed by atoms with van der Waals surface area (Å²) in [5, 5.41) is 3.44. The maximum Gasteiger partial charge on any atom is 0.103 e. The van der Waals surface area contributed by atoms with E-state index in [1.807, 2.05) is 0 Å². The van der Waals surface area contributed by atoms with E-state index in [2.05, 4.69) is 28.4 Å². The summed E-state index contributed by atoms with van der Waals surface area (Å²) in [6, 6.07) is 6.43. The predicted molar refractivity (Wildman–Crippen MR) is 74.0 cm³/mol. The molecule has 4 heteroatoms. The number of nitrogens with zero attached hydrogens (tertiary/aromatic N) is 1. The fourth-order valence-electron chi connectivity index (χ4n) is 2.77. The highest BCUT2D eigenvalue weighted by atomic mass is 19.1. The van der Waals surface area contributed by atoms with Gasteiger partial charge in [-0.3, -0.25) is 0 Å². The lowest BCUT2D eigenvalue weighted by Crippen LogP contribution is -2.37. The summed E-state index contributed by atoms with van der Waals surface area (Å²) in [7, 11) is 0. The Hall–Kier alpha value is -1.13. The maximum absolute atomic E-state index is 13.0. The number of alkyl halides is 1. The molecule has 0 saturated carbocycles. The van der Waals surface area contributed by atoms with Crippen LogP contribution in [0.2, 0.25) is 0 Å². The van der Waals surface area contributed by atoms with Crippen LogP contribution in [0.4, 0.5) is 10.1 Å². The van der Waals surface area contributed by atoms with Crippen LogP contribution in [-0.2, 0) is 18.0 Å². The average Bonchev–Trinajstić information content (AvgIpc) is 2.88. The molecule has 0 aromatic heterocycles. The molecule has 2 heterocycles. The van der Waals surface area contributed by atoms with Gasteiger partial charge in [0.25, 0.3) is 0 Å². The number of halogens is 1. The molecule has 104 valence electrons. The number of rotatable bonds is 4. The zero-order valence-electron chi connectivity index (χ0n) is 11.2. The standard InChI is InChI=1S/C15H21FN2O/c16-14-3-6-18(7-4-14)8-5-17-15-2-1-12-10-19-11-13(12)9-15/h1-2,9,14,17H,3-8,10-11H2. The van der Waals surface area contributed by atoms with Crippen LogP contribution in [0.5, 0.6) is 0 Å². The maximum atomic E-state index is 13.0. The Kier molecular flexibility index (Phi) is 3.99. The molecule has 0 unspecified atom stereocenters. The first-order valence-corrected chi connectivity index (χ1v) is 7.11. The van der Waals surface area contributed by atoms with Gasteiger partial charge in [0.05, 0.1) is 13.2 Å². The molecule has 1 saturated heterocycles. The molecule has 1 fully saturated rings. The second-order valence-electron chi connectivity index (χ2n) is 5.42. The van der Waals surface area contributed by atoms with Crippen molar-refractivity contribution >= 4 is 5.69 Å². The number of likely N-dealkylation sites (tertiary alicyclic amines) is 1. The summed E-state index contributed by atoms with van der Waals surface area (Å²) >= 11 is 0. The first kappa shape index (κ1) is 12.9. The van der Waals surface area contributed by atoms with Crippen molar-refractivity contribution in [3.8, 4) is 0 Å². The first-order chi connectivity index (χ1) is 9.31. The Balaban J connectivity index is 1.45. The summed E-state index contributed by atoms with van der Waals surface area (Å²) in [6.45, 7) is 5.15. The number of hydrogen-bond donors (Lipinski definition) is 1. The van der Waals surface area contributed by atoms with Crippen molar-refractivity contribution in [3.05, 3.63) is 29.3 Å². The van der Waals surface area contributed by atoms with Crippen LogP contribution in [-0.4, -0.2) is 37.3 Å². The number of hydrogen-bond acceptors (Lipinski definition) is 3.